The summed E-state index contributed by atoms with van der Waals surface area (Å²) >= 11 is 0. The van der Waals surface area contributed by atoms with Gasteiger partial charge in [-0.05, 0) is 38.4 Å². The van der Waals surface area contributed by atoms with Crippen molar-refractivity contribution in [3.63, 3.8) is 0 Å². The number of rotatable bonds is 5. The lowest BCUT2D eigenvalue weighted by Gasteiger charge is -2.38. The molecule has 1 aliphatic rings. The minimum atomic E-state index is 0.652. The second-order valence-electron chi connectivity index (χ2n) is 4.99. The van der Waals surface area contributed by atoms with Gasteiger partial charge in [-0.15, -0.1) is 0 Å². The molecule has 1 atom stereocenters. The third-order valence-electron chi connectivity index (χ3n) is 3.74. The van der Waals surface area contributed by atoms with Gasteiger partial charge in [-0.25, -0.2) is 4.98 Å². The van der Waals surface area contributed by atoms with Gasteiger partial charge >= 0.3 is 0 Å². The molecule has 1 unspecified atom stereocenters. The van der Waals surface area contributed by atoms with Crippen LogP contribution in [0.15, 0.2) is 24.4 Å². The highest BCUT2D eigenvalue weighted by Crippen LogP contribution is 2.15. The van der Waals surface area contributed by atoms with Gasteiger partial charge in [0.25, 0.3) is 0 Å². The van der Waals surface area contributed by atoms with Gasteiger partial charge in [-0.3, -0.25) is 4.90 Å². The largest absolute Gasteiger partial charge is 0.354 e. The highest BCUT2D eigenvalue weighted by Gasteiger charge is 2.21. The van der Waals surface area contributed by atoms with E-state index in [-0.39, 0.29) is 0 Å². The van der Waals surface area contributed by atoms with Crippen molar-refractivity contribution < 1.29 is 0 Å². The lowest BCUT2D eigenvalue weighted by atomic mass is 10.1. The maximum Gasteiger partial charge on any atom is 0.128 e. The van der Waals surface area contributed by atoms with Crippen molar-refractivity contribution in [2.24, 2.45) is 5.73 Å². The van der Waals surface area contributed by atoms with E-state index in [1.807, 2.05) is 12.3 Å². The predicted molar refractivity (Wildman–Crippen MR) is 75.8 cm³/mol. The molecule has 100 valence electrons. The molecule has 4 nitrogen and oxygen atoms in total. The Morgan fingerprint density at radius 2 is 2.06 bits per heavy atom. The molecular weight excluding hydrogens is 224 g/mol. The number of nitrogens with two attached hydrogens (primary N) is 1. The topological polar surface area (TPSA) is 45.4 Å². The van der Waals surface area contributed by atoms with Crippen LogP contribution in [0.4, 0.5) is 5.82 Å². The van der Waals surface area contributed by atoms with E-state index in [1.54, 1.807) is 0 Å². The van der Waals surface area contributed by atoms with Crippen LogP contribution in [0.3, 0.4) is 0 Å². The number of hydrogen-bond acceptors (Lipinski definition) is 4. The van der Waals surface area contributed by atoms with E-state index in [2.05, 4.69) is 33.8 Å². The van der Waals surface area contributed by atoms with E-state index >= 15 is 0 Å². The number of piperazine rings is 1. The Morgan fingerprint density at radius 1 is 1.28 bits per heavy atom. The first kappa shape index (κ1) is 13.3. The molecule has 2 N–H and O–H groups in total. The van der Waals surface area contributed by atoms with Crippen molar-refractivity contribution in [3.8, 4) is 0 Å². The summed E-state index contributed by atoms with van der Waals surface area (Å²) in [7, 11) is 0. The first-order valence-electron chi connectivity index (χ1n) is 6.91. The van der Waals surface area contributed by atoms with Crippen LogP contribution in [-0.2, 0) is 0 Å². The fraction of sp³-hybridized carbons (Fsp3) is 0.643. The van der Waals surface area contributed by atoms with Crippen molar-refractivity contribution in [2.45, 2.75) is 25.8 Å². The summed E-state index contributed by atoms with van der Waals surface area (Å²) in [5.41, 5.74) is 5.57. The summed E-state index contributed by atoms with van der Waals surface area (Å²) in [6.45, 7) is 7.52. The van der Waals surface area contributed by atoms with Crippen molar-refractivity contribution >= 4 is 5.82 Å². The molecule has 1 fully saturated rings. The molecule has 4 heteroatoms. The molecule has 2 heterocycles. The molecule has 0 amide bonds. The Balaban J connectivity index is 1.81. The molecule has 1 saturated heterocycles. The van der Waals surface area contributed by atoms with Gasteiger partial charge < -0.3 is 10.6 Å². The van der Waals surface area contributed by atoms with Crippen molar-refractivity contribution in [3.05, 3.63) is 24.4 Å². The maximum atomic E-state index is 5.57. The molecule has 1 aliphatic heterocycles. The normalized spacial score (nSPS) is 18.9. The van der Waals surface area contributed by atoms with Crippen LogP contribution >= 0.6 is 0 Å². The van der Waals surface area contributed by atoms with Gasteiger partial charge in [-0.2, -0.15) is 0 Å². The van der Waals surface area contributed by atoms with Crippen LogP contribution < -0.4 is 10.6 Å². The number of aromatic nitrogens is 1. The number of pyridine rings is 1. The SMILES string of the molecule is CC(CCCN)N1CCN(c2ccccn2)CC1. The van der Waals surface area contributed by atoms with Crippen LogP contribution in [0, 0.1) is 0 Å². The van der Waals surface area contributed by atoms with E-state index in [0.717, 1.165) is 45.0 Å². The van der Waals surface area contributed by atoms with Crippen molar-refractivity contribution in [2.75, 3.05) is 37.6 Å². The third kappa shape index (κ3) is 3.43. The molecule has 0 aliphatic carbocycles. The zero-order valence-electron chi connectivity index (χ0n) is 11.3. The first-order chi connectivity index (χ1) is 8.81. The lowest BCUT2D eigenvalue weighted by Crippen LogP contribution is -2.49. The molecule has 18 heavy (non-hydrogen) atoms. The summed E-state index contributed by atoms with van der Waals surface area (Å²) in [5, 5.41) is 0. The van der Waals surface area contributed by atoms with Crippen LogP contribution in [-0.4, -0.2) is 48.6 Å². The second-order valence-corrected chi connectivity index (χ2v) is 4.99. The minimum Gasteiger partial charge on any atom is -0.354 e. The Labute approximate surface area is 110 Å². The van der Waals surface area contributed by atoms with Crippen molar-refractivity contribution in [1.29, 1.82) is 0 Å². The lowest BCUT2D eigenvalue weighted by molar-refractivity contribution is 0.186. The highest BCUT2D eigenvalue weighted by molar-refractivity contribution is 5.38. The average Bonchev–Trinajstić information content (AvgIpc) is 2.46. The van der Waals surface area contributed by atoms with Crippen LogP contribution in [0.1, 0.15) is 19.8 Å². The van der Waals surface area contributed by atoms with Crippen LogP contribution in [0.25, 0.3) is 0 Å². The number of hydrogen-bond donors (Lipinski definition) is 1. The van der Waals surface area contributed by atoms with E-state index < -0.39 is 0 Å². The van der Waals surface area contributed by atoms with Gasteiger partial charge in [-0.1, -0.05) is 6.07 Å². The average molecular weight is 248 g/mol. The Kier molecular flexibility index (Phi) is 4.96. The summed E-state index contributed by atoms with van der Waals surface area (Å²) < 4.78 is 0. The molecule has 0 saturated carbocycles. The van der Waals surface area contributed by atoms with Crippen LogP contribution in [0.2, 0.25) is 0 Å². The summed E-state index contributed by atoms with van der Waals surface area (Å²) in [4.78, 5) is 9.34. The predicted octanol–water partition coefficient (Wildman–Crippen LogP) is 1.33. The van der Waals surface area contributed by atoms with Crippen molar-refractivity contribution in [1.82, 2.24) is 9.88 Å². The summed E-state index contributed by atoms with van der Waals surface area (Å²) in [6.07, 6.45) is 4.20. The molecule has 0 aromatic carbocycles. The second kappa shape index (κ2) is 6.71. The zero-order chi connectivity index (χ0) is 12.8. The summed E-state index contributed by atoms with van der Waals surface area (Å²) in [5.74, 6) is 1.10. The van der Waals surface area contributed by atoms with E-state index in [0.29, 0.717) is 6.04 Å². The first-order valence-corrected chi connectivity index (χ1v) is 6.91. The molecule has 2 rings (SSSR count). The molecular formula is C14H24N4. The van der Waals surface area contributed by atoms with Gasteiger partial charge in [0, 0.05) is 38.4 Å². The van der Waals surface area contributed by atoms with Gasteiger partial charge in [0.05, 0.1) is 0 Å². The number of nitrogens with zero attached hydrogens (tertiary/aromatic N) is 3. The monoisotopic (exact) mass is 248 g/mol. The van der Waals surface area contributed by atoms with Gasteiger partial charge in [0.2, 0.25) is 0 Å². The van der Waals surface area contributed by atoms with E-state index in [4.69, 9.17) is 5.73 Å². The fourth-order valence-corrected chi connectivity index (χ4v) is 2.53. The zero-order valence-corrected chi connectivity index (χ0v) is 11.3. The quantitative estimate of drug-likeness (QED) is 0.854. The molecule has 0 spiro atoms. The Hall–Kier alpha value is -1.13. The molecule has 0 bridgehead atoms. The van der Waals surface area contributed by atoms with Crippen LogP contribution in [0.5, 0.6) is 0 Å². The Bertz CT molecular complexity index is 333. The molecule has 1 aromatic heterocycles. The third-order valence-corrected chi connectivity index (χ3v) is 3.74. The Morgan fingerprint density at radius 3 is 2.67 bits per heavy atom. The summed E-state index contributed by atoms with van der Waals surface area (Å²) in [6, 6.07) is 6.76. The number of anilines is 1. The van der Waals surface area contributed by atoms with Gasteiger partial charge in [0.15, 0.2) is 0 Å². The fourth-order valence-electron chi connectivity index (χ4n) is 2.53. The van der Waals surface area contributed by atoms with Gasteiger partial charge in [0.1, 0.15) is 5.82 Å². The van der Waals surface area contributed by atoms with E-state index in [9.17, 15) is 0 Å². The van der Waals surface area contributed by atoms with E-state index in [1.165, 1.54) is 6.42 Å². The maximum absolute atomic E-state index is 5.57. The minimum absolute atomic E-state index is 0.652. The molecule has 0 radical (unpaired) electrons. The highest BCUT2D eigenvalue weighted by atomic mass is 15.3. The standard InChI is InChI=1S/C14H24N4/c1-13(5-4-7-15)17-9-11-18(12-10-17)14-6-2-3-8-16-14/h2-3,6,8,13H,4-5,7,9-12,15H2,1H3. The molecule has 1 aromatic rings. The smallest absolute Gasteiger partial charge is 0.128 e.